The molecule has 0 aromatic carbocycles. The molecule has 1 heterocycles. The fourth-order valence-electron chi connectivity index (χ4n) is 2.11. The summed E-state index contributed by atoms with van der Waals surface area (Å²) < 4.78 is 0. The van der Waals surface area contributed by atoms with Crippen LogP contribution in [0.1, 0.15) is 13.8 Å². The zero-order chi connectivity index (χ0) is 13.9. The van der Waals surface area contributed by atoms with E-state index in [2.05, 4.69) is 0 Å². The minimum atomic E-state index is -0.976. The van der Waals surface area contributed by atoms with E-state index < -0.39 is 17.9 Å². The van der Waals surface area contributed by atoms with Crippen LogP contribution in [0.25, 0.3) is 0 Å². The van der Waals surface area contributed by atoms with Crippen LogP contribution in [0.15, 0.2) is 0 Å². The van der Waals surface area contributed by atoms with Crippen molar-refractivity contribution in [1.82, 2.24) is 9.80 Å². The van der Waals surface area contributed by atoms with Gasteiger partial charge in [0.25, 0.3) is 0 Å². The van der Waals surface area contributed by atoms with Crippen LogP contribution >= 0.6 is 0 Å². The van der Waals surface area contributed by atoms with Gasteiger partial charge in [0.2, 0.25) is 0 Å². The Kier molecular flexibility index (Phi) is 4.92. The summed E-state index contributed by atoms with van der Waals surface area (Å²) in [7, 11) is 0. The van der Waals surface area contributed by atoms with Gasteiger partial charge in [0.15, 0.2) is 0 Å². The van der Waals surface area contributed by atoms with Gasteiger partial charge in [-0.1, -0.05) is 0 Å². The van der Waals surface area contributed by atoms with Gasteiger partial charge in [-0.15, -0.1) is 0 Å². The largest absolute Gasteiger partial charge is 0.481 e. The van der Waals surface area contributed by atoms with Gasteiger partial charge in [0, 0.05) is 31.7 Å². The molecule has 2 amide bonds. The molecule has 1 saturated heterocycles. The Morgan fingerprint density at radius 1 is 1.44 bits per heavy atom. The van der Waals surface area contributed by atoms with E-state index in [0.717, 1.165) is 0 Å². The molecule has 7 nitrogen and oxygen atoms in total. The lowest BCUT2D eigenvalue weighted by Crippen LogP contribution is -2.47. The number of nitrogens with zero attached hydrogens (tertiary/aromatic N) is 2. The minimum absolute atomic E-state index is 0.0512. The number of hydrogen-bond acceptors (Lipinski definition) is 4. The predicted molar refractivity (Wildman–Crippen MR) is 65.0 cm³/mol. The second-order valence-electron chi connectivity index (χ2n) is 4.81. The van der Waals surface area contributed by atoms with Gasteiger partial charge in [0.05, 0.1) is 12.5 Å². The lowest BCUT2D eigenvalue weighted by molar-refractivity contribution is -0.141. The quantitative estimate of drug-likeness (QED) is 0.610. The molecule has 0 aromatic heterocycles. The van der Waals surface area contributed by atoms with Crippen LogP contribution in [0.4, 0.5) is 4.79 Å². The van der Waals surface area contributed by atoms with E-state index in [4.69, 9.17) is 15.9 Å². The van der Waals surface area contributed by atoms with Gasteiger partial charge in [-0.3, -0.25) is 4.79 Å². The lowest BCUT2D eigenvalue weighted by Gasteiger charge is -2.30. The Bertz CT molecular complexity index is 321. The fourth-order valence-corrected chi connectivity index (χ4v) is 2.11. The van der Waals surface area contributed by atoms with Gasteiger partial charge < -0.3 is 25.7 Å². The third-order valence-electron chi connectivity index (χ3n) is 3.16. The highest BCUT2D eigenvalue weighted by Crippen LogP contribution is 2.18. The molecule has 1 fully saturated rings. The molecule has 0 spiro atoms. The highest BCUT2D eigenvalue weighted by molar-refractivity contribution is 5.78. The number of amides is 2. The Morgan fingerprint density at radius 3 is 2.44 bits per heavy atom. The molecule has 0 bridgehead atoms. The number of aliphatic hydroxyl groups excluding tert-OH is 1. The standard InChI is InChI=1S/C11H21N3O4/c1-7(2)14(3-4-15)11(18)13-5-8(10(16)17)9(12)6-13/h7-9,15H,3-6,12H2,1-2H3,(H,16,17)/t8-,9+/m0/s1. The van der Waals surface area contributed by atoms with Gasteiger partial charge >= 0.3 is 12.0 Å². The summed E-state index contributed by atoms with van der Waals surface area (Å²) in [5.41, 5.74) is 5.72. The monoisotopic (exact) mass is 259 g/mol. The van der Waals surface area contributed by atoms with Crippen LogP contribution in [0.5, 0.6) is 0 Å². The zero-order valence-electron chi connectivity index (χ0n) is 10.7. The summed E-state index contributed by atoms with van der Waals surface area (Å²) in [5.74, 6) is -1.69. The van der Waals surface area contributed by atoms with E-state index >= 15 is 0 Å². The van der Waals surface area contributed by atoms with Crippen LogP contribution in [0, 0.1) is 5.92 Å². The van der Waals surface area contributed by atoms with Gasteiger partial charge in [-0.05, 0) is 13.8 Å². The highest BCUT2D eigenvalue weighted by Gasteiger charge is 2.39. The maximum Gasteiger partial charge on any atom is 0.320 e. The normalized spacial score (nSPS) is 23.5. The molecule has 18 heavy (non-hydrogen) atoms. The third kappa shape index (κ3) is 3.11. The van der Waals surface area contributed by atoms with Crippen molar-refractivity contribution in [1.29, 1.82) is 0 Å². The summed E-state index contributed by atoms with van der Waals surface area (Å²) in [5, 5.41) is 17.9. The molecule has 1 aliphatic heterocycles. The van der Waals surface area contributed by atoms with Crippen molar-refractivity contribution in [2.75, 3.05) is 26.2 Å². The molecule has 7 heteroatoms. The molecule has 1 rings (SSSR count). The Hall–Kier alpha value is -1.34. The number of carbonyl (C=O) groups is 2. The first kappa shape index (κ1) is 14.7. The van der Waals surface area contributed by atoms with E-state index in [-0.39, 0.29) is 38.3 Å². The number of aliphatic carboxylic acids is 1. The summed E-state index contributed by atoms with van der Waals surface area (Å²) in [6, 6.07) is -0.849. The van der Waals surface area contributed by atoms with Crippen LogP contribution in [-0.4, -0.2) is 70.3 Å². The number of aliphatic hydroxyl groups is 1. The number of likely N-dealkylation sites (tertiary alicyclic amines) is 1. The molecule has 0 aliphatic carbocycles. The first-order valence-corrected chi connectivity index (χ1v) is 6.03. The molecule has 1 aliphatic rings. The molecular weight excluding hydrogens is 238 g/mol. The highest BCUT2D eigenvalue weighted by atomic mass is 16.4. The fraction of sp³-hybridized carbons (Fsp3) is 0.818. The Labute approximate surface area is 106 Å². The summed E-state index contributed by atoms with van der Waals surface area (Å²) in [6.45, 7) is 4.18. The van der Waals surface area contributed by atoms with Gasteiger partial charge in [0.1, 0.15) is 0 Å². The van der Waals surface area contributed by atoms with Crippen molar-refractivity contribution < 1.29 is 19.8 Å². The summed E-state index contributed by atoms with van der Waals surface area (Å²) in [4.78, 5) is 26.1. The summed E-state index contributed by atoms with van der Waals surface area (Å²) >= 11 is 0. The average molecular weight is 259 g/mol. The first-order valence-electron chi connectivity index (χ1n) is 6.03. The molecular formula is C11H21N3O4. The number of urea groups is 1. The van der Waals surface area contributed by atoms with Crippen LogP contribution in [0.2, 0.25) is 0 Å². The van der Waals surface area contributed by atoms with Crippen LogP contribution in [0.3, 0.4) is 0 Å². The molecule has 104 valence electrons. The van der Waals surface area contributed by atoms with Gasteiger partial charge in [-0.25, -0.2) is 4.79 Å². The molecule has 2 atom stereocenters. The van der Waals surface area contributed by atoms with E-state index in [1.165, 1.54) is 9.80 Å². The molecule has 0 saturated carbocycles. The van der Waals surface area contributed by atoms with Crippen molar-refractivity contribution in [2.24, 2.45) is 11.7 Å². The predicted octanol–water partition coefficient (Wildman–Crippen LogP) is -0.847. The number of rotatable bonds is 4. The topological polar surface area (TPSA) is 107 Å². The van der Waals surface area contributed by atoms with Crippen LogP contribution in [-0.2, 0) is 4.79 Å². The minimum Gasteiger partial charge on any atom is -0.481 e. The number of carbonyl (C=O) groups excluding carboxylic acids is 1. The second-order valence-corrected chi connectivity index (χ2v) is 4.81. The van der Waals surface area contributed by atoms with Crippen molar-refractivity contribution in [3.05, 3.63) is 0 Å². The van der Waals surface area contributed by atoms with Crippen molar-refractivity contribution in [2.45, 2.75) is 25.9 Å². The summed E-state index contributed by atoms with van der Waals surface area (Å²) in [6.07, 6.45) is 0. The Morgan fingerprint density at radius 2 is 2.06 bits per heavy atom. The second kappa shape index (κ2) is 6.01. The maximum absolute atomic E-state index is 12.2. The SMILES string of the molecule is CC(C)N(CCO)C(=O)N1C[C@@H](N)[C@@H](C(=O)O)C1. The van der Waals surface area contributed by atoms with Crippen molar-refractivity contribution in [3.8, 4) is 0 Å². The van der Waals surface area contributed by atoms with E-state index in [0.29, 0.717) is 0 Å². The lowest BCUT2D eigenvalue weighted by atomic mass is 10.1. The molecule has 0 aromatic rings. The third-order valence-corrected chi connectivity index (χ3v) is 3.16. The van der Waals surface area contributed by atoms with E-state index in [1.807, 2.05) is 13.8 Å². The van der Waals surface area contributed by atoms with Crippen molar-refractivity contribution in [3.63, 3.8) is 0 Å². The average Bonchev–Trinajstić information content (AvgIpc) is 2.67. The van der Waals surface area contributed by atoms with Gasteiger partial charge in [-0.2, -0.15) is 0 Å². The zero-order valence-corrected chi connectivity index (χ0v) is 10.7. The van der Waals surface area contributed by atoms with E-state index in [1.54, 1.807) is 0 Å². The number of carboxylic acid groups (broad SMARTS) is 1. The maximum atomic E-state index is 12.2. The number of carboxylic acids is 1. The van der Waals surface area contributed by atoms with E-state index in [9.17, 15) is 9.59 Å². The molecule has 0 unspecified atom stereocenters. The Balaban J connectivity index is 2.70. The molecule has 0 radical (unpaired) electrons. The number of hydrogen-bond donors (Lipinski definition) is 3. The molecule has 4 N–H and O–H groups in total. The first-order chi connectivity index (χ1) is 8.38. The smallest absolute Gasteiger partial charge is 0.320 e. The van der Waals surface area contributed by atoms with Crippen LogP contribution < -0.4 is 5.73 Å². The number of nitrogens with two attached hydrogens (primary N) is 1. The van der Waals surface area contributed by atoms with Crippen molar-refractivity contribution >= 4 is 12.0 Å².